The quantitative estimate of drug-likeness (QED) is 0.356. The minimum Gasteiger partial charge on any atom is -0.354 e. The fourth-order valence-corrected chi connectivity index (χ4v) is 6.23. The van der Waals surface area contributed by atoms with E-state index in [1.165, 1.54) is 51.7 Å². The molecule has 0 aromatic rings. The monoisotopic (exact) mass is 496 g/mol. The number of hydrogen-bond acceptors (Lipinski definition) is 4. The molecule has 3 aliphatic heterocycles. The fourth-order valence-electron chi connectivity index (χ4n) is 4.38. The van der Waals surface area contributed by atoms with Crippen molar-refractivity contribution < 1.29 is 8.42 Å². The van der Waals surface area contributed by atoms with E-state index < -0.39 is 9.84 Å². The van der Waals surface area contributed by atoms with Crippen LogP contribution < -0.4 is 5.32 Å². The number of likely N-dealkylation sites (tertiary alicyclic amines) is 2. The minimum absolute atomic E-state index is 0. The van der Waals surface area contributed by atoms with E-state index in [1.807, 2.05) is 0 Å². The van der Waals surface area contributed by atoms with Crippen molar-refractivity contribution in [3.63, 3.8) is 0 Å². The van der Waals surface area contributed by atoms with Gasteiger partial charge in [-0.05, 0) is 63.5 Å². The average molecular weight is 496 g/mol. The van der Waals surface area contributed by atoms with E-state index in [0.29, 0.717) is 24.1 Å². The highest BCUT2D eigenvalue weighted by molar-refractivity contribution is 14.0. The zero-order chi connectivity index (χ0) is 17.3. The van der Waals surface area contributed by atoms with Crippen molar-refractivity contribution in [1.82, 2.24) is 15.1 Å². The molecule has 0 aromatic carbocycles. The van der Waals surface area contributed by atoms with Gasteiger partial charge in [0.25, 0.3) is 0 Å². The summed E-state index contributed by atoms with van der Waals surface area (Å²) in [6, 6.07) is 0.587. The van der Waals surface area contributed by atoms with E-state index in [2.05, 4.69) is 15.1 Å². The molecule has 4 fully saturated rings. The Labute approximate surface area is 175 Å². The highest BCUT2D eigenvalue weighted by Crippen LogP contribution is 2.24. The van der Waals surface area contributed by atoms with E-state index in [9.17, 15) is 8.42 Å². The molecule has 1 N–H and O–H groups in total. The predicted octanol–water partition coefficient (Wildman–Crippen LogP) is 1.56. The van der Waals surface area contributed by atoms with E-state index in [0.717, 1.165) is 31.4 Å². The molecule has 150 valence electrons. The second-order valence-corrected chi connectivity index (χ2v) is 10.7. The van der Waals surface area contributed by atoms with Gasteiger partial charge < -0.3 is 15.1 Å². The van der Waals surface area contributed by atoms with Crippen LogP contribution >= 0.6 is 24.0 Å². The van der Waals surface area contributed by atoms with Gasteiger partial charge in [-0.3, -0.25) is 4.99 Å². The van der Waals surface area contributed by atoms with Gasteiger partial charge in [0.2, 0.25) is 0 Å². The van der Waals surface area contributed by atoms with Gasteiger partial charge in [-0.1, -0.05) is 0 Å². The summed E-state index contributed by atoms with van der Waals surface area (Å²) in [5, 5.41) is 3.60. The summed E-state index contributed by atoms with van der Waals surface area (Å²) in [6.45, 7) is 6.61. The van der Waals surface area contributed by atoms with E-state index in [-0.39, 0.29) is 29.9 Å². The lowest BCUT2D eigenvalue weighted by Crippen LogP contribution is -2.42. The van der Waals surface area contributed by atoms with Gasteiger partial charge in [0.1, 0.15) is 0 Å². The molecule has 8 heteroatoms. The topological polar surface area (TPSA) is 65.0 Å². The van der Waals surface area contributed by atoms with Crippen LogP contribution in [0.2, 0.25) is 0 Å². The summed E-state index contributed by atoms with van der Waals surface area (Å²) in [6.07, 6.45) is 7.22. The summed E-state index contributed by atoms with van der Waals surface area (Å²) >= 11 is 0. The van der Waals surface area contributed by atoms with E-state index in [1.54, 1.807) is 0 Å². The highest BCUT2D eigenvalue weighted by atomic mass is 127. The molecule has 3 saturated heterocycles. The molecule has 4 rings (SSSR count). The Morgan fingerprint density at radius 3 is 2.46 bits per heavy atom. The molecule has 2 atom stereocenters. The van der Waals surface area contributed by atoms with Gasteiger partial charge in [-0.15, -0.1) is 24.0 Å². The van der Waals surface area contributed by atoms with Crippen LogP contribution in [0.15, 0.2) is 4.99 Å². The molecular weight excluding hydrogens is 463 g/mol. The summed E-state index contributed by atoms with van der Waals surface area (Å²) in [4.78, 5) is 9.89. The molecule has 4 aliphatic rings. The lowest BCUT2D eigenvalue weighted by atomic mass is 10.1. The van der Waals surface area contributed by atoms with Crippen LogP contribution in [-0.4, -0.2) is 81.0 Å². The van der Waals surface area contributed by atoms with Gasteiger partial charge in [-0.25, -0.2) is 8.42 Å². The van der Waals surface area contributed by atoms with Crippen molar-refractivity contribution in [3.8, 4) is 0 Å². The van der Waals surface area contributed by atoms with Crippen LogP contribution in [-0.2, 0) is 9.84 Å². The summed E-state index contributed by atoms with van der Waals surface area (Å²) in [5.74, 6) is 2.67. The van der Waals surface area contributed by atoms with Gasteiger partial charge >= 0.3 is 0 Å². The fraction of sp³-hybridized carbons (Fsp3) is 0.944. The second kappa shape index (κ2) is 8.94. The standard InChI is InChI=1S/C18H32N4O2S.HI/c23-25(24)10-6-15(14-25)11-19-18(20-17-3-4-17)22-9-5-16(13-22)12-21-7-1-2-8-21;/h15-17H,1-14H2,(H,19,20);1H. The summed E-state index contributed by atoms with van der Waals surface area (Å²) in [5.41, 5.74) is 0. The lowest BCUT2D eigenvalue weighted by molar-refractivity contribution is 0.281. The molecule has 0 radical (unpaired) electrons. The zero-order valence-electron chi connectivity index (χ0n) is 15.6. The van der Waals surface area contributed by atoms with Crippen LogP contribution in [0.5, 0.6) is 0 Å². The number of halogens is 1. The van der Waals surface area contributed by atoms with Crippen LogP contribution in [0.25, 0.3) is 0 Å². The first-order valence-corrected chi connectivity index (χ1v) is 11.9. The van der Waals surface area contributed by atoms with Crippen LogP contribution in [0, 0.1) is 11.8 Å². The maximum atomic E-state index is 11.7. The Hall–Kier alpha value is -0.0900. The van der Waals surface area contributed by atoms with Gasteiger partial charge in [0.15, 0.2) is 15.8 Å². The average Bonchev–Trinajstić information content (AvgIpc) is 2.97. The van der Waals surface area contributed by atoms with Gasteiger partial charge in [0, 0.05) is 32.2 Å². The number of nitrogens with zero attached hydrogens (tertiary/aromatic N) is 3. The summed E-state index contributed by atoms with van der Waals surface area (Å²) < 4.78 is 23.3. The predicted molar refractivity (Wildman–Crippen MR) is 116 cm³/mol. The molecule has 26 heavy (non-hydrogen) atoms. The third kappa shape index (κ3) is 5.70. The number of rotatable bonds is 5. The summed E-state index contributed by atoms with van der Waals surface area (Å²) in [7, 11) is -2.80. The van der Waals surface area contributed by atoms with Gasteiger partial charge in [-0.2, -0.15) is 0 Å². The van der Waals surface area contributed by atoms with Gasteiger partial charge in [0.05, 0.1) is 11.5 Å². The third-order valence-electron chi connectivity index (χ3n) is 6.04. The Kier molecular flexibility index (Phi) is 7.10. The number of nitrogens with one attached hydrogen (secondary N) is 1. The van der Waals surface area contributed by atoms with Crippen molar-refractivity contribution in [2.75, 3.05) is 50.8 Å². The smallest absolute Gasteiger partial charge is 0.194 e. The molecule has 0 amide bonds. The second-order valence-electron chi connectivity index (χ2n) is 8.46. The number of hydrogen-bond donors (Lipinski definition) is 1. The van der Waals surface area contributed by atoms with Crippen molar-refractivity contribution >= 4 is 39.8 Å². The zero-order valence-corrected chi connectivity index (χ0v) is 18.8. The Morgan fingerprint density at radius 1 is 1.04 bits per heavy atom. The number of sulfone groups is 1. The molecule has 2 unspecified atom stereocenters. The molecule has 0 aromatic heterocycles. The third-order valence-corrected chi connectivity index (χ3v) is 7.87. The molecule has 6 nitrogen and oxygen atoms in total. The van der Waals surface area contributed by atoms with E-state index >= 15 is 0 Å². The Morgan fingerprint density at radius 2 is 1.81 bits per heavy atom. The van der Waals surface area contributed by atoms with Crippen molar-refractivity contribution in [2.24, 2.45) is 16.8 Å². The first-order chi connectivity index (χ1) is 12.1. The first kappa shape index (κ1) is 20.6. The SMILES string of the molecule is I.O=S1(=O)CCC(CN=C(NC2CC2)N2CCC(CN3CCCC3)C2)C1. The Bertz CT molecular complexity index is 602. The van der Waals surface area contributed by atoms with Crippen LogP contribution in [0.3, 0.4) is 0 Å². The molecule has 3 heterocycles. The van der Waals surface area contributed by atoms with Crippen molar-refractivity contribution in [2.45, 2.75) is 44.6 Å². The van der Waals surface area contributed by atoms with Crippen molar-refractivity contribution in [3.05, 3.63) is 0 Å². The molecule has 0 spiro atoms. The van der Waals surface area contributed by atoms with E-state index in [4.69, 9.17) is 4.99 Å². The maximum Gasteiger partial charge on any atom is 0.194 e. The van der Waals surface area contributed by atoms with Crippen LogP contribution in [0.4, 0.5) is 0 Å². The number of aliphatic imine (C=N–C) groups is 1. The molecular formula is C18H33IN4O2S. The molecule has 1 saturated carbocycles. The minimum atomic E-state index is -2.80. The largest absolute Gasteiger partial charge is 0.354 e. The maximum absolute atomic E-state index is 11.7. The number of guanidine groups is 1. The first-order valence-electron chi connectivity index (χ1n) is 10.1. The Balaban J connectivity index is 0.00000196. The molecule has 0 bridgehead atoms. The molecule has 1 aliphatic carbocycles. The van der Waals surface area contributed by atoms with Crippen molar-refractivity contribution in [1.29, 1.82) is 0 Å². The lowest BCUT2D eigenvalue weighted by Gasteiger charge is -2.24. The van der Waals surface area contributed by atoms with Crippen LogP contribution in [0.1, 0.15) is 38.5 Å². The highest BCUT2D eigenvalue weighted by Gasteiger charge is 2.32. The normalized spacial score (nSPS) is 32.0.